The molecule has 1 aromatic rings. The van der Waals surface area contributed by atoms with E-state index in [0.717, 1.165) is 32.5 Å². The van der Waals surface area contributed by atoms with Crippen molar-refractivity contribution in [2.75, 3.05) is 26.7 Å². The Morgan fingerprint density at radius 2 is 2.24 bits per heavy atom. The van der Waals surface area contributed by atoms with Crippen molar-refractivity contribution >= 4 is 10.0 Å². The van der Waals surface area contributed by atoms with Crippen LogP contribution in [0.25, 0.3) is 0 Å². The van der Waals surface area contributed by atoms with Gasteiger partial charge in [-0.15, -0.1) is 0 Å². The largest absolute Gasteiger partial charge is 0.311 e. The number of aromatic amines is 1. The maximum Gasteiger partial charge on any atom is 0.244 e. The average Bonchev–Trinajstić information content (AvgIpc) is 2.77. The fourth-order valence-electron chi connectivity index (χ4n) is 2.73. The molecule has 3 N–H and O–H groups in total. The molecule has 0 spiro atoms. The van der Waals surface area contributed by atoms with Crippen LogP contribution in [0.3, 0.4) is 0 Å². The molecule has 2 rings (SSSR count). The molecule has 0 saturated carbocycles. The van der Waals surface area contributed by atoms with E-state index < -0.39 is 10.0 Å². The highest BCUT2D eigenvalue weighted by Crippen LogP contribution is 2.19. The van der Waals surface area contributed by atoms with Crippen LogP contribution in [-0.4, -0.2) is 56.2 Å². The lowest BCUT2D eigenvalue weighted by atomic mass is 10.1. The highest BCUT2D eigenvalue weighted by Gasteiger charge is 2.28. The van der Waals surface area contributed by atoms with E-state index in [-0.39, 0.29) is 10.9 Å². The molecule has 1 aliphatic heterocycles. The third-order valence-electron chi connectivity index (χ3n) is 3.72. The van der Waals surface area contributed by atoms with E-state index in [0.29, 0.717) is 17.9 Å². The number of likely N-dealkylation sites (tertiary alicyclic amines) is 1. The zero-order chi connectivity index (χ0) is 15.5. The minimum absolute atomic E-state index is 0.0324. The van der Waals surface area contributed by atoms with Gasteiger partial charge in [0.2, 0.25) is 10.0 Å². The van der Waals surface area contributed by atoms with Gasteiger partial charge in [-0.3, -0.25) is 5.10 Å². The summed E-state index contributed by atoms with van der Waals surface area (Å²) in [5.41, 5.74) is 1.13. The summed E-state index contributed by atoms with van der Waals surface area (Å²) in [6.45, 7) is 6.70. The molecule has 7 nitrogen and oxygen atoms in total. The summed E-state index contributed by atoms with van der Waals surface area (Å²) in [6, 6.07) is -0.0324. The summed E-state index contributed by atoms with van der Waals surface area (Å²) in [6.07, 6.45) is 1.89. The lowest BCUT2D eigenvalue weighted by Gasteiger charge is -2.30. The van der Waals surface area contributed by atoms with Gasteiger partial charge in [-0.2, -0.15) is 5.10 Å². The van der Waals surface area contributed by atoms with Gasteiger partial charge in [0.05, 0.1) is 11.4 Å². The Bertz CT molecular complexity index is 569. The van der Waals surface area contributed by atoms with Crippen molar-refractivity contribution < 1.29 is 8.42 Å². The summed E-state index contributed by atoms with van der Waals surface area (Å²) in [7, 11) is -1.53. The molecule has 1 aromatic heterocycles. The van der Waals surface area contributed by atoms with Gasteiger partial charge >= 0.3 is 0 Å². The molecule has 0 aromatic carbocycles. The van der Waals surface area contributed by atoms with Crippen molar-refractivity contribution in [1.82, 2.24) is 25.1 Å². The predicted octanol–water partition coefficient (Wildman–Crippen LogP) is 0.200. The lowest BCUT2D eigenvalue weighted by molar-refractivity contribution is 0.242. The summed E-state index contributed by atoms with van der Waals surface area (Å²) < 4.78 is 28.1. The van der Waals surface area contributed by atoms with E-state index in [4.69, 9.17) is 0 Å². The molecule has 1 fully saturated rings. The Kier molecular flexibility index (Phi) is 5.37. The Morgan fingerprint density at radius 3 is 2.90 bits per heavy atom. The maximum atomic E-state index is 12.7. The van der Waals surface area contributed by atoms with Crippen LogP contribution in [-0.2, 0) is 16.6 Å². The Balaban J connectivity index is 2.17. The molecule has 1 aliphatic rings. The van der Waals surface area contributed by atoms with Crippen molar-refractivity contribution in [3.63, 3.8) is 0 Å². The molecular weight excluding hydrogens is 290 g/mol. The fourth-order valence-corrected chi connectivity index (χ4v) is 4.36. The summed E-state index contributed by atoms with van der Waals surface area (Å²) in [4.78, 5) is 2.44. The second kappa shape index (κ2) is 6.87. The standard InChI is InChI=1S/C13H25N5O2S/c1-4-14-8-12-13(10(2)15-16-12)21(19,20)17-11-6-5-7-18(3)9-11/h11,14,17H,4-9H2,1-3H3,(H,15,16). The number of piperidine rings is 1. The summed E-state index contributed by atoms with van der Waals surface area (Å²) in [5.74, 6) is 0. The monoisotopic (exact) mass is 315 g/mol. The highest BCUT2D eigenvalue weighted by atomic mass is 32.2. The SMILES string of the molecule is CCNCc1n[nH]c(C)c1S(=O)(=O)NC1CCCN(C)C1. The van der Waals surface area contributed by atoms with E-state index in [1.165, 1.54) is 0 Å². The number of nitrogens with one attached hydrogen (secondary N) is 3. The van der Waals surface area contributed by atoms with E-state index in [1.807, 2.05) is 14.0 Å². The van der Waals surface area contributed by atoms with Crippen LogP contribution in [0.4, 0.5) is 0 Å². The first-order valence-corrected chi connectivity index (χ1v) is 8.87. The summed E-state index contributed by atoms with van der Waals surface area (Å²) in [5, 5.41) is 10.0. The highest BCUT2D eigenvalue weighted by molar-refractivity contribution is 7.89. The molecule has 21 heavy (non-hydrogen) atoms. The number of hydrogen-bond donors (Lipinski definition) is 3. The molecule has 0 aliphatic carbocycles. The quantitative estimate of drug-likeness (QED) is 0.698. The van der Waals surface area contributed by atoms with Crippen LogP contribution in [0, 0.1) is 6.92 Å². The van der Waals surface area contributed by atoms with E-state index in [9.17, 15) is 8.42 Å². The van der Waals surface area contributed by atoms with Gasteiger partial charge in [-0.1, -0.05) is 6.92 Å². The van der Waals surface area contributed by atoms with Gasteiger partial charge < -0.3 is 10.2 Å². The van der Waals surface area contributed by atoms with E-state index >= 15 is 0 Å². The van der Waals surface area contributed by atoms with Gasteiger partial charge in [0, 0.05) is 19.1 Å². The van der Waals surface area contributed by atoms with Crippen LogP contribution < -0.4 is 10.0 Å². The van der Waals surface area contributed by atoms with Gasteiger partial charge in [0.15, 0.2) is 0 Å². The van der Waals surface area contributed by atoms with Crippen molar-refractivity contribution in [2.24, 2.45) is 0 Å². The van der Waals surface area contributed by atoms with Crippen LogP contribution in [0.15, 0.2) is 4.90 Å². The molecule has 0 radical (unpaired) electrons. The predicted molar refractivity (Wildman–Crippen MR) is 81.5 cm³/mol. The third kappa shape index (κ3) is 4.03. The van der Waals surface area contributed by atoms with Crippen molar-refractivity contribution in [3.8, 4) is 0 Å². The van der Waals surface area contributed by atoms with Gasteiger partial charge in [0.25, 0.3) is 0 Å². The molecule has 1 atom stereocenters. The van der Waals surface area contributed by atoms with Gasteiger partial charge in [-0.05, 0) is 39.9 Å². The Labute approximate surface area is 126 Å². The molecule has 0 bridgehead atoms. The van der Waals surface area contributed by atoms with Crippen LogP contribution >= 0.6 is 0 Å². The molecule has 0 amide bonds. The number of likely N-dealkylation sites (N-methyl/N-ethyl adjacent to an activating group) is 1. The third-order valence-corrected chi connectivity index (χ3v) is 5.44. The fraction of sp³-hybridized carbons (Fsp3) is 0.769. The molecule has 8 heteroatoms. The number of aromatic nitrogens is 2. The van der Waals surface area contributed by atoms with Crippen LogP contribution in [0.2, 0.25) is 0 Å². The van der Waals surface area contributed by atoms with Crippen molar-refractivity contribution in [3.05, 3.63) is 11.4 Å². The number of nitrogens with zero attached hydrogens (tertiary/aromatic N) is 2. The lowest BCUT2D eigenvalue weighted by Crippen LogP contribution is -2.46. The van der Waals surface area contributed by atoms with E-state index in [1.54, 1.807) is 6.92 Å². The summed E-state index contributed by atoms with van der Waals surface area (Å²) >= 11 is 0. The number of sulfonamides is 1. The zero-order valence-corrected chi connectivity index (χ0v) is 13.8. The molecular formula is C13H25N5O2S. The van der Waals surface area contributed by atoms with Crippen molar-refractivity contribution in [2.45, 2.75) is 44.2 Å². The van der Waals surface area contributed by atoms with Gasteiger partial charge in [0.1, 0.15) is 4.90 Å². The molecule has 120 valence electrons. The maximum absolute atomic E-state index is 12.7. The number of rotatable bonds is 6. The number of H-pyrrole nitrogens is 1. The molecule has 2 heterocycles. The topological polar surface area (TPSA) is 90.1 Å². The minimum Gasteiger partial charge on any atom is -0.311 e. The number of hydrogen-bond acceptors (Lipinski definition) is 5. The second-order valence-electron chi connectivity index (χ2n) is 5.63. The minimum atomic E-state index is -3.54. The van der Waals surface area contributed by atoms with Gasteiger partial charge in [-0.25, -0.2) is 13.1 Å². The first-order valence-electron chi connectivity index (χ1n) is 7.39. The van der Waals surface area contributed by atoms with E-state index in [2.05, 4.69) is 25.1 Å². The smallest absolute Gasteiger partial charge is 0.244 e. The van der Waals surface area contributed by atoms with Crippen LogP contribution in [0.1, 0.15) is 31.2 Å². The Morgan fingerprint density at radius 1 is 1.48 bits per heavy atom. The first kappa shape index (κ1) is 16.4. The molecule has 1 unspecified atom stereocenters. The van der Waals surface area contributed by atoms with Crippen LogP contribution in [0.5, 0.6) is 0 Å². The second-order valence-corrected chi connectivity index (χ2v) is 7.28. The normalized spacial score (nSPS) is 20.8. The first-order chi connectivity index (χ1) is 9.94. The zero-order valence-electron chi connectivity index (χ0n) is 12.9. The Hall–Kier alpha value is -0.960. The number of aryl methyl sites for hydroxylation is 1. The average molecular weight is 315 g/mol. The molecule has 1 saturated heterocycles. The van der Waals surface area contributed by atoms with Crippen molar-refractivity contribution in [1.29, 1.82) is 0 Å².